The van der Waals surface area contributed by atoms with Gasteiger partial charge in [-0.2, -0.15) is 24.6 Å². The minimum Gasteiger partial charge on any atom is -0.467 e. The van der Waals surface area contributed by atoms with Crippen molar-refractivity contribution in [3.8, 4) is 12.0 Å². The van der Waals surface area contributed by atoms with Crippen LogP contribution in [0.5, 0.6) is 6.01 Å². The van der Waals surface area contributed by atoms with E-state index in [9.17, 15) is 4.79 Å². The van der Waals surface area contributed by atoms with E-state index in [1.807, 2.05) is 6.26 Å². The summed E-state index contributed by atoms with van der Waals surface area (Å²) in [6.45, 7) is 3.10. The molecule has 0 bridgehead atoms. The molecule has 0 radical (unpaired) electrons. The van der Waals surface area contributed by atoms with E-state index in [2.05, 4.69) is 25.0 Å². The van der Waals surface area contributed by atoms with E-state index in [1.54, 1.807) is 6.92 Å². The Bertz CT molecular complexity index is 708. The van der Waals surface area contributed by atoms with Crippen LogP contribution >= 0.6 is 23.1 Å². The van der Waals surface area contributed by atoms with Crippen molar-refractivity contribution in [2.75, 3.05) is 13.4 Å². The summed E-state index contributed by atoms with van der Waals surface area (Å²) in [4.78, 5) is 27.8. The van der Waals surface area contributed by atoms with Gasteiger partial charge in [0.1, 0.15) is 5.82 Å². The van der Waals surface area contributed by atoms with Gasteiger partial charge in [0.05, 0.1) is 7.11 Å². The van der Waals surface area contributed by atoms with Gasteiger partial charge < -0.3 is 4.74 Å². The molecule has 0 aliphatic rings. The Balaban J connectivity index is 2.65. The van der Waals surface area contributed by atoms with Gasteiger partial charge in [-0.25, -0.2) is 0 Å². The second-order valence-electron chi connectivity index (χ2n) is 3.57. The number of carbonyl (C=O) groups excluding carboxylic acids is 1. The van der Waals surface area contributed by atoms with Crippen molar-refractivity contribution in [3.63, 3.8) is 0 Å². The zero-order chi connectivity index (χ0) is 14.7. The molecular formula is C10H12N6O2S2. The molecule has 0 saturated heterocycles. The van der Waals surface area contributed by atoms with Crippen molar-refractivity contribution < 1.29 is 9.53 Å². The quantitative estimate of drug-likeness (QED) is 0.766. The average Bonchev–Trinajstić information content (AvgIpc) is 2.80. The van der Waals surface area contributed by atoms with Gasteiger partial charge in [0.15, 0.2) is 4.34 Å². The van der Waals surface area contributed by atoms with E-state index >= 15 is 0 Å². The maximum Gasteiger partial charge on any atom is 0.321 e. The molecule has 0 aliphatic heterocycles. The fraction of sp³-hybridized carbons (Fsp3) is 0.400. The molecule has 10 heteroatoms. The number of hydrogen-bond donors (Lipinski definition) is 0. The number of thioether (sulfide) groups is 1. The second-order valence-corrected chi connectivity index (χ2v) is 5.58. The number of aromatic nitrogens is 5. The molecule has 0 spiro atoms. The number of aryl methyl sites for hydroxylation is 1. The first-order valence-electron chi connectivity index (χ1n) is 5.50. The third-order valence-electron chi connectivity index (χ3n) is 2.06. The second kappa shape index (κ2) is 6.09. The maximum atomic E-state index is 11.2. The standard InChI is InChI=1S/C10H12N6O2S2/c1-5-11-7(14-8(12-5)18-3)16-9(13-6(2)17)20-10(15-16)19-4/h1-4H3. The maximum absolute atomic E-state index is 11.2. The largest absolute Gasteiger partial charge is 0.467 e. The van der Waals surface area contributed by atoms with Gasteiger partial charge in [-0.15, -0.1) is 5.10 Å². The summed E-state index contributed by atoms with van der Waals surface area (Å²) in [5, 5.41) is 4.31. The summed E-state index contributed by atoms with van der Waals surface area (Å²) < 4.78 is 7.17. The van der Waals surface area contributed by atoms with E-state index < -0.39 is 0 Å². The number of rotatable bonds is 3. The predicted octanol–water partition coefficient (Wildman–Crippen LogP) is 0.605. The zero-order valence-electron chi connectivity index (χ0n) is 11.3. The highest BCUT2D eigenvalue weighted by molar-refractivity contribution is 8.00. The summed E-state index contributed by atoms with van der Waals surface area (Å²) in [5.74, 6) is 0.450. The van der Waals surface area contributed by atoms with E-state index in [1.165, 1.54) is 41.8 Å². The molecule has 2 aromatic heterocycles. The van der Waals surface area contributed by atoms with Gasteiger partial charge in [0, 0.05) is 6.92 Å². The topological polar surface area (TPSA) is 95.1 Å². The normalized spacial score (nSPS) is 11.7. The van der Waals surface area contributed by atoms with Crippen LogP contribution in [0.4, 0.5) is 0 Å². The Kier molecular flexibility index (Phi) is 4.45. The van der Waals surface area contributed by atoms with Gasteiger partial charge in [0.25, 0.3) is 5.95 Å². The van der Waals surface area contributed by atoms with Crippen LogP contribution in [0, 0.1) is 6.92 Å². The number of ether oxygens (including phenoxy) is 1. The summed E-state index contributed by atoms with van der Waals surface area (Å²) in [6, 6.07) is 0.187. The molecule has 2 rings (SSSR count). The van der Waals surface area contributed by atoms with Crippen LogP contribution in [0.3, 0.4) is 0 Å². The lowest BCUT2D eigenvalue weighted by atomic mass is 10.7. The molecule has 2 heterocycles. The van der Waals surface area contributed by atoms with Gasteiger partial charge >= 0.3 is 6.01 Å². The van der Waals surface area contributed by atoms with Crippen molar-refractivity contribution in [1.82, 2.24) is 24.7 Å². The summed E-state index contributed by atoms with van der Waals surface area (Å²) >= 11 is 2.74. The molecule has 0 atom stereocenters. The predicted molar refractivity (Wildman–Crippen MR) is 74.1 cm³/mol. The Labute approximate surface area is 123 Å². The van der Waals surface area contributed by atoms with Crippen molar-refractivity contribution >= 4 is 29.0 Å². The minimum atomic E-state index is -0.312. The van der Waals surface area contributed by atoms with E-state index in [0.717, 1.165) is 4.34 Å². The SMILES string of the molecule is COc1nc(C)nc(-n2nc(SC)sc2=NC(C)=O)n1. The third kappa shape index (κ3) is 3.20. The Morgan fingerprint density at radius 1 is 1.40 bits per heavy atom. The fourth-order valence-electron chi connectivity index (χ4n) is 1.31. The van der Waals surface area contributed by atoms with Crippen LogP contribution in [0.2, 0.25) is 0 Å². The minimum absolute atomic E-state index is 0.187. The number of amides is 1. The van der Waals surface area contributed by atoms with Crippen molar-refractivity contribution in [2.45, 2.75) is 18.2 Å². The van der Waals surface area contributed by atoms with Crippen LogP contribution in [0.25, 0.3) is 5.95 Å². The molecule has 0 aromatic carbocycles. The highest BCUT2D eigenvalue weighted by Gasteiger charge is 2.12. The Morgan fingerprint density at radius 3 is 2.75 bits per heavy atom. The molecule has 0 saturated carbocycles. The molecule has 8 nitrogen and oxygen atoms in total. The van der Waals surface area contributed by atoms with Crippen LogP contribution in [0.1, 0.15) is 12.7 Å². The van der Waals surface area contributed by atoms with Crippen LogP contribution in [-0.4, -0.2) is 44.0 Å². The highest BCUT2D eigenvalue weighted by Crippen LogP contribution is 2.15. The lowest BCUT2D eigenvalue weighted by Gasteiger charge is -2.02. The third-order valence-corrected chi connectivity index (χ3v) is 3.94. The van der Waals surface area contributed by atoms with Crippen molar-refractivity contribution in [3.05, 3.63) is 10.6 Å². The van der Waals surface area contributed by atoms with E-state index in [0.29, 0.717) is 10.6 Å². The van der Waals surface area contributed by atoms with Crippen molar-refractivity contribution in [2.24, 2.45) is 4.99 Å². The fourth-order valence-corrected chi connectivity index (χ4v) is 2.70. The molecule has 0 unspecified atom stereocenters. The summed E-state index contributed by atoms with van der Waals surface area (Å²) in [6.07, 6.45) is 1.89. The smallest absolute Gasteiger partial charge is 0.321 e. The first kappa shape index (κ1) is 14.6. The van der Waals surface area contributed by atoms with E-state index in [4.69, 9.17) is 4.74 Å². The molecule has 1 amide bonds. The monoisotopic (exact) mass is 312 g/mol. The first-order chi connectivity index (χ1) is 9.53. The molecule has 2 aromatic rings. The Hall–Kier alpha value is -1.81. The lowest BCUT2D eigenvalue weighted by molar-refractivity contribution is -0.116. The van der Waals surface area contributed by atoms with Gasteiger partial charge in [-0.1, -0.05) is 23.1 Å². The Morgan fingerprint density at radius 2 is 2.15 bits per heavy atom. The number of nitrogens with zero attached hydrogens (tertiary/aromatic N) is 6. The molecule has 20 heavy (non-hydrogen) atoms. The van der Waals surface area contributed by atoms with Gasteiger partial charge in [-0.3, -0.25) is 4.79 Å². The van der Waals surface area contributed by atoms with Crippen LogP contribution in [-0.2, 0) is 4.79 Å². The van der Waals surface area contributed by atoms with Crippen molar-refractivity contribution in [1.29, 1.82) is 0 Å². The molecule has 106 valence electrons. The highest BCUT2D eigenvalue weighted by atomic mass is 32.2. The average molecular weight is 312 g/mol. The van der Waals surface area contributed by atoms with Crippen LogP contribution in [0.15, 0.2) is 9.33 Å². The summed E-state index contributed by atoms with van der Waals surface area (Å²) in [7, 11) is 1.47. The van der Waals surface area contributed by atoms with Crippen LogP contribution < -0.4 is 9.54 Å². The summed E-state index contributed by atoms with van der Waals surface area (Å²) in [5.41, 5.74) is 0. The zero-order valence-corrected chi connectivity index (χ0v) is 12.9. The van der Waals surface area contributed by atoms with E-state index in [-0.39, 0.29) is 17.9 Å². The number of hydrogen-bond acceptors (Lipinski definition) is 8. The first-order valence-corrected chi connectivity index (χ1v) is 7.54. The molecular weight excluding hydrogens is 300 g/mol. The molecule has 0 N–H and O–H groups in total. The number of carbonyl (C=O) groups is 1. The van der Waals surface area contributed by atoms with Gasteiger partial charge in [0.2, 0.25) is 10.7 Å². The lowest BCUT2D eigenvalue weighted by Crippen LogP contribution is -2.19. The molecule has 0 fully saturated rings. The number of methoxy groups -OCH3 is 1. The van der Waals surface area contributed by atoms with Gasteiger partial charge in [-0.05, 0) is 13.2 Å². The molecule has 0 aliphatic carbocycles.